The molecule has 4 heteroatoms. The van der Waals surface area contributed by atoms with Crippen LogP contribution in [-0.2, 0) is 6.54 Å². The van der Waals surface area contributed by atoms with Gasteiger partial charge in [0.2, 0.25) is 5.95 Å². The number of aryl methyl sites for hydroxylation is 1. The monoisotopic (exact) mass is 256 g/mol. The highest BCUT2D eigenvalue weighted by atomic mass is 15.2. The van der Waals surface area contributed by atoms with E-state index in [1.807, 2.05) is 38.5 Å². The highest BCUT2D eigenvalue weighted by Gasteiger charge is 2.08. The first-order chi connectivity index (χ1) is 9.06. The molecular weight excluding hydrogens is 236 g/mol. The Morgan fingerprint density at radius 1 is 1.16 bits per heavy atom. The van der Waals surface area contributed by atoms with Crippen molar-refractivity contribution < 1.29 is 0 Å². The van der Waals surface area contributed by atoms with Gasteiger partial charge in [-0.05, 0) is 36.6 Å². The molecule has 2 heterocycles. The van der Waals surface area contributed by atoms with E-state index in [0.29, 0.717) is 5.92 Å². The molecule has 0 saturated carbocycles. The van der Waals surface area contributed by atoms with Gasteiger partial charge in [0.25, 0.3) is 0 Å². The topological polar surface area (TPSA) is 41.9 Å². The molecule has 100 valence electrons. The third kappa shape index (κ3) is 3.50. The second-order valence-corrected chi connectivity index (χ2v) is 5.10. The van der Waals surface area contributed by atoms with Crippen LogP contribution in [0.5, 0.6) is 0 Å². The highest BCUT2D eigenvalue weighted by molar-refractivity contribution is 5.32. The van der Waals surface area contributed by atoms with E-state index in [1.54, 1.807) is 0 Å². The van der Waals surface area contributed by atoms with Crippen molar-refractivity contribution >= 4 is 5.95 Å². The van der Waals surface area contributed by atoms with Gasteiger partial charge in [0, 0.05) is 37.4 Å². The van der Waals surface area contributed by atoms with Crippen molar-refractivity contribution in [1.82, 2.24) is 15.0 Å². The fraction of sp³-hybridized carbons (Fsp3) is 0.400. The van der Waals surface area contributed by atoms with Crippen LogP contribution in [0.15, 0.2) is 30.6 Å². The van der Waals surface area contributed by atoms with Gasteiger partial charge in [-0.1, -0.05) is 13.8 Å². The number of nitrogens with zero attached hydrogens (tertiary/aromatic N) is 4. The SMILES string of the molecule is Cc1cc(CN(C)c2nccc(C(C)C)n2)ccn1. The molecule has 0 saturated heterocycles. The lowest BCUT2D eigenvalue weighted by atomic mass is 10.1. The van der Waals surface area contributed by atoms with E-state index in [1.165, 1.54) is 5.56 Å². The summed E-state index contributed by atoms with van der Waals surface area (Å²) in [5, 5.41) is 0. The molecule has 2 aromatic heterocycles. The van der Waals surface area contributed by atoms with E-state index in [-0.39, 0.29) is 0 Å². The molecule has 0 amide bonds. The van der Waals surface area contributed by atoms with E-state index < -0.39 is 0 Å². The minimum absolute atomic E-state index is 0.415. The molecule has 19 heavy (non-hydrogen) atoms. The van der Waals surface area contributed by atoms with Gasteiger partial charge in [0.15, 0.2) is 0 Å². The predicted molar refractivity (Wildman–Crippen MR) is 77.2 cm³/mol. The van der Waals surface area contributed by atoms with E-state index in [0.717, 1.165) is 23.9 Å². The normalized spacial score (nSPS) is 10.8. The van der Waals surface area contributed by atoms with Crippen molar-refractivity contribution in [3.05, 3.63) is 47.5 Å². The lowest BCUT2D eigenvalue weighted by molar-refractivity contribution is 0.788. The van der Waals surface area contributed by atoms with Gasteiger partial charge >= 0.3 is 0 Å². The van der Waals surface area contributed by atoms with Crippen molar-refractivity contribution in [2.45, 2.75) is 33.2 Å². The molecule has 2 aromatic rings. The zero-order chi connectivity index (χ0) is 13.8. The van der Waals surface area contributed by atoms with E-state index >= 15 is 0 Å². The zero-order valence-electron chi connectivity index (χ0n) is 12.0. The second kappa shape index (κ2) is 5.78. The number of anilines is 1. The minimum atomic E-state index is 0.415. The second-order valence-electron chi connectivity index (χ2n) is 5.10. The summed E-state index contributed by atoms with van der Waals surface area (Å²) in [7, 11) is 2.01. The Kier molecular flexibility index (Phi) is 4.10. The van der Waals surface area contributed by atoms with E-state index in [4.69, 9.17) is 0 Å². The standard InChI is InChI=1S/C15H20N4/c1-11(2)14-6-8-17-15(18-14)19(4)10-13-5-7-16-12(3)9-13/h5-9,11H,10H2,1-4H3. The Balaban J connectivity index is 2.15. The molecule has 0 aromatic carbocycles. The van der Waals surface area contributed by atoms with Crippen molar-refractivity contribution in [2.75, 3.05) is 11.9 Å². The third-order valence-corrected chi connectivity index (χ3v) is 2.98. The molecular formula is C15H20N4. The first-order valence-corrected chi connectivity index (χ1v) is 6.52. The lowest BCUT2D eigenvalue weighted by Crippen LogP contribution is -2.19. The molecule has 0 fully saturated rings. The molecule has 0 spiro atoms. The first-order valence-electron chi connectivity index (χ1n) is 6.52. The van der Waals surface area contributed by atoms with Crippen molar-refractivity contribution in [3.63, 3.8) is 0 Å². The first kappa shape index (κ1) is 13.5. The molecule has 0 bridgehead atoms. The fourth-order valence-corrected chi connectivity index (χ4v) is 1.91. The maximum absolute atomic E-state index is 4.59. The van der Waals surface area contributed by atoms with Crippen LogP contribution in [0, 0.1) is 6.92 Å². The van der Waals surface area contributed by atoms with Crippen LogP contribution < -0.4 is 4.90 Å². The van der Waals surface area contributed by atoms with Crippen LogP contribution in [0.2, 0.25) is 0 Å². The van der Waals surface area contributed by atoms with Crippen molar-refractivity contribution in [3.8, 4) is 0 Å². The molecule has 0 N–H and O–H groups in total. The molecule has 0 radical (unpaired) electrons. The summed E-state index contributed by atoms with van der Waals surface area (Å²) in [6, 6.07) is 6.08. The Morgan fingerprint density at radius 2 is 1.89 bits per heavy atom. The van der Waals surface area contributed by atoms with Crippen LogP contribution >= 0.6 is 0 Å². The van der Waals surface area contributed by atoms with Crippen LogP contribution in [0.1, 0.15) is 36.7 Å². The van der Waals surface area contributed by atoms with Gasteiger partial charge in [-0.15, -0.1) is 0 Å². The van der Waals surface area contributed by atoms with Gasteiger partial charge in [-0.2, -0.15) is 0 Å². The Bertz CT molecular complexity index is 551. The largest absolute Gasteiger partial charge is 0.340 e. The average Bonchev–Trinajstić information content (AvgIpc) is 2.39. The van der Waals surface area contributed by atoms with Gasteiger partial charge < -0.3 is 4.90 Å². The van der Waals surface area contributed by atoms with Crippen LogP contribution in [0.3, 0.4) is 0 Å². The van der Waals surface area contributed by atoms with Gasteiger partial charge in [0.05, 0.1) is 0 Å². The molecule has 0 unspecified atom stereocenters. The fourth-order valence-electron chi connectivity index (χ4n) is 1.91. The Labute approximate surface area is 114 Å². The number of hydrogen-bond donors (Lipinski definition) is 0. The van der Waals surface area contributed by atoms with Crippen molar-refractivity contribution in [1.29, 1.82) is 0 Å². The Morgan fingerprint density at radius 3 is 2.58 bits per heavy atom. The summed E-state index contributed by atoms with van der Waals surface area (Å²) in [5.74, 6) is 1.18. The third-order valence-electron chi connectivity index (χ3n) is 2.98. The van der Waals surface area contributed by atoms with Gasteiger partial charge in [-0.25, -0.2) is 9.97 Å². The Hall–Kier alpha value is -1.97. The van der Waals surface area contributed by atoms with Crippen LogP contribution in [0.25, 0.3) is 0 Å². The van der Waals surface area contributed by atoms with Crippen LogP contribution in [-0.4, -0.2) is 22.0 Å². The van der Waals surface area contributed by atoms with Gasteiger partial charge in [0.1, 0.15) is 0 Å². The van der Waals surface area contributed by atoms with E-state index in [9.17, 15) is 0 Å². The summed E-state index contributed by atoms with van der Waals surface area (Å²) < 4.78 is 0. The minimum Gasteiger partial charge on any atom is -0.340 e. The average molecular weight is 256 g/mol. The van der Waals surface area contributed by atoms with Gasteiger partial charge in [-0.3, -0.25) is 4.98 Å². The summed E-state index contributed by atoms with van der Waals surface area (Å²) in [5.41, 5.74) is 3.32. The number of pyridine rings is 1. The van der Waals surface area contributed by atoms with E-state index in [2.05, 4.69) is 39.8 Å². The van der Waals surface area contributed by atoms with Crippen molar-refractivity contribution in [2.24, 2.45) is 0 Å². The number of hydrogen-bond acceptors (Lipinski definition) is 4. The molecule has 4 nitrogen and oxygen atoms in total. The smallest absolute Gasteiger partial charge is 0.225 e. The molecule has 0 atom stereocenters. The zero-order valence-corrected chi connectivity index (χ0v) is 12.0. The maximum atomic E-state index is 4.59. The molecule has 0 aliphatic rings. The summed E-state index contributed by atoms with van der Waals surface area (Å²) in [6.07, 6.45) is 3.66. The summed E-state index contributed by atoms with van der Waals surface area (Å²) >= 11 is 0. The maximum Gasteiger partial charge on any atom is 0.225 e. The molecule has 2 rings (SSSR count). The summed E-state index contributed by atoms with van der Waals surface area (Å²) in [6.45, 7) is 7.06. The quantitative estimate of drug-likeness (QED) is 0.843. The molecule has 0 aliphatic heterocycles. The van der Waals surface area contributed by atoms with Crippen LogP contribution in [0.4, 0.5) is 5.95 Å². The lowest BCUT2D eigenvalue weighted by Gasteiger charge is -2.18. The molecule has 0 aliphatic carbocycles. The highest BCUT2D eigenvalue weighted by Crippen LogP contribution is 2.15. The number of rotatable bonds is 4. The summed E-state index contributed by atoms with van der Waals surface area (Å²) in [4.78, 5) is 15.2. The number of aromatic nitrogens is 3. The predicted octanol–water partition coefficient (Wildman–Crippen LogP) is 2.94.